The third kappa shape index (κ3) is 4.75. The van der Waals surface area contributed by atoms with Gasteiger partial charge in [-0.1, -0.05) is 13.3 Å². The molecule has 1 rings (SSSR count). The van der Waals surface area contributed by atoms with Crippen LogP contribution < -0.4 is 0 Å². The van der Waals surface area contributed by atoms with E-state index in [9.17, 15) is 0 Å². The van der Waals surface area contributed by atoms with E-state index in [0.29, 0.717) is 6.10 Å². The second-order valence-electron chi connectivity index (χ2n) is 4.60. The molecule has 1 heterocycles. The largest absolute Gasteiger partial charge is 0.380 e. The molecule has 0 amide bonds. The first kappa shape index (κ1) is 13.3. The first-order valence-corrected chi connectivity index (χ1v) is 6.79. The van der Waals surface area contributed by atoms with Gasteiger partial charge in [0.1, 0.15) is 0 Å². The Morgan fingerprint density at radius 2 is 2.33 bits per heavy atom. The lowest BCUT2D eigenvalue weighted by atomic mass is 10.0. The van der Waals surface area contributed by atoms with Gasteiger partial charge in [-0.3, -0.25) is 0 Å². The van der Waals surface area contributed by atoms with Crippen LogP contribution in [-0.4, -0.2) is 43.5 Å². The molecule has 2 nitrogen and oxygen atoms in total. The zero-order valence-electron chi connectivity index (χ0n) is 10.1. The van der Waals surface area contributed by atoms with Crippen molar-refractivity contribution in [3.8, 4) is 0 Å². The second kappa shape index (κ2) is 7.53. The smallest absolute Gasteiger partial charge is 0.0698 e. The molecule has 1 aliphatic rings. The van der Waals surface area contributed by atoms with Crippen molar-refractivity contribution >= 4 is 12.6 Å². The number of nitrogens with zero attached hydrogens (tertiary/aromatic N) is 1. The molecule has 15 heavy (non-hydrogen) atoms. The number of methoxy groups -OCH3 is 1. The zero-order chi connectivity index (χ0) is 11.1. The predicted octanol–water partition coefficient (Wildman–Crippen LogP) is 2.44. The molecule has 3 heteroatoms. The van der Waals surface area contributed by atoms with Gasteiger partial charge >= 0.3 is 0 Å². The molecule has 0 aromatic rings. The van der Waals surface area contributed by atoms with Gasteiger partial charge in [0.05, 0.1) is 6.10 Å². The Morgan fingerprint density at radius 3 is 2.93 bits per heavy atom. The summed E-state index contributed by atoms with van der Waals surface area (Å²) >= 11 is 4.44. The number of thiol groups is 1. The fourth-order valence-electron chi connectivity index (χ4n) is 2.39. The normalized spacial score (nSPS) is 25.4. The van der Waals surface area contributed by atoms with Crippen LogP contribution in [0.15, 0.2) is 0 Å². The average molecular weight is 231 g/mol. The highest BCUT2D eigenvalue weighted by molar-refractivity contribution is 7.80. The van der Waals surface area contributed by atoms with E-state index < -0.39 is 0 Å². The van der Waals surface area contributed by atoms with Crippen molar-refractivity contribution in [2.75, 3.05) is 32.5 Å². The highest BCUT2D eigenvalue weighted by atomic mass is 32.1. The maximum atomic E-state index is 5.44. The van der Waals surface area contributed by atoms with E-state index in [2.05, 4.69) is 24.5 Å². The van der Waals surface area contributed by atoms with Gasteiger partial charge in [0.2, 0.25) is 0 Å². The van der Waals surface area contributed by atoms with Crippen molar-refractivity contribution in [3.05, 3.63) is 0 Å². The van der Waals surface area contributed by atoms with Gasteiger partial charge in [-0.05, 0) is 37.5 Å². The van der Waals surface area contributed by atoms with Gasteiger partial charge in [0.25, 0.3) is 0 Å². The van der Waals surface area contributed by atoms with Crippen LogP contribution in [0.4, 0.5) is 0 Å². The molecule has 90 valence electrons. The van der Waals surface area contributed by atoms with Crippen LogP contribution in [0.3, 0.4) is 0 Å². The maximum Gasteiger partial charge on any atom is 0.0698 e. The molecule has 0 aromatic carbocycles. The Hall–Kier alpha value is 0.270. The number of ether oxygens (including phenoxy) is 1. The van der Waals surface area contributed by atoms with Crippen LogP contribution in [0.1, 0.15) is 32.6 Å². The van der Waals surface area contributed by atoms with Gasteiger partial charge < -0.3 is 9.64 Å². The van der Waals surface area contributed by atoms with Crippen LogP contribution in [0.5, 0.6) is 0 Å². The quantitative estimate of drug-likeness (QED) is 0.705. The van der Waals surface area contributed by atoms with E-state index in [-0.39, 0.29) is 0 Å². The minimum Gasteiger partial charge on any atom is -0.380 e. The summed E-state index contributed by atoms with van der Waals surface area (Å²) in [6.45, 7) is 5.82. The summed E-state index contributed by atoms with van der Waals surface area (Å²) < 4.78 is 5.44. The topological polar surface area (TPSA) is 12.5 Å². The van der Waals surface area contributed by atoms with Crippen LogP contribution >= 0.6 is 12.6 Å². The van der Waals surface area contributed by atoms with Crippen molar-refractivity contribution in [1.82, 2.24) is 4.90 Å². The molecule has 1 fully saturated rings. The first-order chi connectivity index (χ1) is 7.30. The van der Waals surface area contributed by atoms with Crippen molar-refractivity contribution in [1.29, 1.82) is 0 Å². The Balaban J connectivity index is 2.29. The zero-order valence-corrected chi connectivity index (χ0v) is 11.0. The van der Waals surface area contributed by atoms with Crippen molar-refractivity contribution < 1.29 is 4.74 Å². The molecule has 2 unspecified atom stereocenters. The number of likely N-dealkylation sites (tertiary alicyclic amines) is 1. The number of hydrogen-bond acceptors (Lipinski definition) is 3. The molecule has 2 atom stereocenters. The SMILES string of the molecule is CCCC(CS)CN1CCCC(OC)C1. The molecule has 0 saturated carbocycles. The summed E-state index contributed by atoms with van der Waals surface area (Å²) in [5, 5.41) is 0. The minimum absolute atomic E-state index is 0.459. The van der Waals surface area contributed by atoms with E-state index in [0.717, 1.165) is 18.2 Å². The summed E-state index contributed by atoms with van der Waals surface area (Å²) in [4.78, 5) is 2.55. The Labute approximate surface area is 99.8 Å². The minimum atomic E-state index is 0.459. The van der Waals surface area contributed by atoms with Crippen LogP contribution in [0.2, 0.25) is 0 Å². The van der Waals surface area contributed by atoms with Gasteiger partial charge in [0, 0.05) is 20.2 Å². The molecular formula is C12H25NOS. The van der Waals surface area contributed by atoms with Crippen LogP contribution in [0, 0.1) is 5.92 Å². The van der Waals surface area contributed by atoms with E-state index in [1.165, 1.54) is 38.8 Å². The monoisotopic (exact) mass is 231 g/mol. The van der Waals surface area contributed by atoms with Gasteiger partial charge in [-0.2, -0.15) is 12.6 Å². The van der Waals surface area contributed by atoms with Crippen molar-refractivity contribution in [3.63, 3.8) is 0 Å². The molecule has 1 aliphatic heterocycles. The van der Waals surface area contributed by atoms with Crippen molar-refractivity contribution in [2.45, 2.75) is 38.7 Å². The number of hydrogen-bond donors (Lipinski definition) is 1. The number of rotatable bonds is 6. The molecule has 0 radical (unpaired) electrons. The van der Waals surface area contributed by atoms with Crippen molar-refractivity contribution in [2.24, 2.45) is 5.92 Å². The predicted molar refractivity (Wildman–Crippen MR) is 68.7 cm³/mol. The standard InChI is InChI=1S/C12H25NOS/c1-3-5-11(10-15)8-13-7-4-6-12(9-13)14-2/h11-12,15H,3-10H2,1-2H3. The summed E-state index contributed by atoms with van der Waals surface area (Å²) in [5.41, 5.74) is 0. The summed E-state index contributed by atoms with van der Waals surface area (Å²) in [6, 6.07) is 0. The van der Waals surface area contributed by atoms with Gasteiger partial charge in [0.15, 0.2) is 0 Å². The Bertz CT molecular complexity index is 166. The van der Waals surface area contributed by atoms with Gasteiger partial charge in [-0.15, -0.1) is 0 Å². The summed E-state index contributed by atoms with van der Waals surface area (Å²) in [5.74, 6) is 1.77. The van der Waals surface area contributed by atoms with E-state index in [1.54, 1.807) is 0 Å². The third-order valence-electron chi connectivity index (χ3n) is 3.27. The van der Waals surface area contributed by atoms with Crippen LogP contribution in [0.25, 0.3) is 0 Å². The molecule has 0 aliphatic carbocycles. The second-order valence-corrected chi connectivity index (χ2v) is 4.96. The Kier molecular flexibility index (Phi) is 6.69. The number of piperidine rings is 1. The maximum absolute atomic E-state index is 5.44. The molecule has 0 bridgehead atoms. The molecule has 0 spiro atoms. The lowest BCUT2D eigenvalue weighted by Gasteiger charge is -2.34. The lowest BCUT2D eigenvalue weighted by molar-refractivity contribution is 0.0266. The highest BCUT2D eigenvalue weighted by Gasteiger charge is 2.21. The van der Waals surface area contributed by atoms with E-state index in [1.807, 2.05) is 7.11 Å². The average Bonchev–Trinajstić information content (AvgIpc) is 2.29. The fourth-order valence-corrected chi connectivity index (χ4v) is 2.68. The molecule has 0 N–H and O–H groups in total. The van der Waals surface area contributed by atoms with E-state index >= 15 is 0 Å². The van der Waals surface area contributed by atoms with Crippen LogP contribution in [-0.2, 0) is 4.74 Å². The Morgan fingerprint density at radius 1 is 1.53 bits per heavy atom. The molecule has 0 aromatic heterocycles. The van der Waals surface area contributed by atoms with Gasteiger partial charge in [-0.25, -0.2) is 0 Å². The third-order valence-corrected chi connectivity index (χ3v) is 3.78. The summed E-state index contributed by atoms with van der Waals surface area (Å²) in [6.07, 6.45) is 5.54. The highest BCUT2D eigenvalue weighted by Crippen LogP contribution is 2.16. The molecular weight excluding hydrogens is 206 g/mol. The summed E-state index contributed by atoms with van der Waals surface area (Å²) in [7, 11) is 1.83. The molecule has 1 saturated heterocycles. The fraction of sp³-hybridized carbons (Fsp3) is 1.00. The lowest BCUT2D eigenvalue weighted by Crippen LogP contribution is -2.41. The van der Waals surface area contributed by atoms with E-state index in [4.69, 9.17) is 4.74 Å². The first-order valence-electron chi connectivity index (χ1n) is 6.16.